The van der Waals surface area contributed by atoms with E-state index in [1.165, 1.54) is 11.4 Å². The van der Waals surface area contributed by atoms with Crippen molar-refractivity contribution in [2.24, 2.45) is 0 Å². The van der Waals surface area contributed by atoms with Crippen LogP contribution in [0, 0.1) is 0 Å². The summed E-state index contributed by atoms with van der Waals surface area (Å²) >= 11 is 0. The molecule has 4 rings (SSSR count). The topological polar surface area (TPSA) is 27.7 Å². The third-order valence-electron chi connectivity index (χ3n) is 5.02. The molecule has 2 heterocycles. The molecule has 2 atom stereocenters. The molecule has 2 aliphatic heterocycles. The minimum absolute atomic E-state index is 0.577. The zero-order chi connectivity index (χ0) is 17.2. The minimum Gasteiger partial charge on any atom is -0.453 e. The number of fused-ring (bicyclic) bond motifs is 2. The van der Waals surface area contributed by atoms with Crippen LogP contribution in [0.5, 0.6) is 11.5 Å². The van der Waals surface area contributed by atoms with E-state index in [1.807, 2.05) is 12.1 Å². The average Bonchev–Trinajstić information content (AvgIpc) is 2.60. The normalized spacial score (nSPS) is 22.9. The second-order valence-corrected chi connectivity index (χ2v) is 7.27. The summed E-state index contributed by atoms with van der Waals surface area (Å²) in [6.45, 7) is 8.97. The number of piperazine rings is 1. The smallest absolute Gasteiger partial charge is 0.151 e. The van der Waals surface area contributed by atoms with Crippen molar-refractivity contribution in [3.8, 4) is 11.5 Å². The van der Waals surface area contributed by atoms with Gasteiger partial charge in [-0.05, 0) is 51.1 Å². The number of nitrogens with zero attached hydrogens (tertiary/aromatic N) is 2. The fourth-order valence-electron chi connectivity index (χ4n) is 4.10. The lowest BCUT2D eigenvalue weighted by Gasteiger charge is -2.37. The van der Waals surface area contributed by atoms with Gasteiger partial charge in [-0.3, -0.25) is 0 Å². The van der Waals surface area contributed by atoms with Crippen molar-refractivity contribution >= 4 is 11.4 Å². The SMILES string of the molecule is C[C@@H]1CN(CCCN2c3ccccc3Oc3ccccc32)C[C@H](C)N1. The molecule has 4 heteroatoms. The second-order valence-electron chi connectivity index (χ2n) is 7.27. The van der Waals surface area contributed by atoms with Crippen LogP contribution in [-0.2, 0) is 0 Å². The zero-order valence-corrected chi connectivity index (χ0v) is 15.1. The Hall–Kier alpha value is -2.04. The highest BCUT2D eigenvalue weighted by molar-refractivity contribution is 5.77. The van der Waals surface area contributed by atoms with Crippen LogP contribution in [0.25, 0.3) is 0 Å². The largest absolute Gasteiger partial charge is 0.453 e. The van der Waals surface area contributed by atoms with E-state index in [2.05, 4.69) is 65.4 Å². The van der Waals surface area contributed by atoms with Gasteiger partial charge in [-0.2, -0.15) is 0 Å². The summed E-state index contributed by atoms with van der Waals surface area (Å²) < 4.78 is 6.07. The van der Waals surface area contributed by atoms with Gasteiger partial charge >= 0.3 is 0 Å². The van der Waals surface area contributed by atoms with Crippen molar-refractivity contribution in [1.29, 1.82) is 0 Å². The number of hydrogen-bond donors (Lipinski definition) is 1. The van der Waals surface area contributed by atoms with Crippen molar-refractivity contribution in [3.05, 3.63) is 48.5 Å². The molecule has 2 aromatic rings. The third kappa shape index (κ3) is 3.51. The number of benzene rings is 2. The van der Waals surface area contributed by atoms with Gasteiger partial charge in [0.1, 0.15) is 0 Å². The van der Waals surface area contributed by atoms with Gasteiger partial charge in [0, 0.05) is 31.7 Å². The van der Waals surface area contributed by atoms with Crippen molar-refractivity contribution < 1.29 is 4.74 Å². The first-order valence-electron chi connectivity index (χ1n) is 9.32. The van der Waals surface area contributed by atoms with Gasteiger partial charge < -0.3 is 19.9 Å². The predicted octanol–water partition coefficient (Wildman–Crippen LogP) is 4.00. The monoisotopic (exact) mass is 337 g/mol. The van der Waals surface area contributed by atoms with Crippen LogP contribution in [0.2, 0.25) is 0 Å². The molecule has 4 nitrogen and oxygen atoms in total. The van der Waals surface area contributed by atoms with Crippen LogP contribution in [-0.4, -0.2) is 43.2 Å². The molecule has 2 aliphatic rings. The number of anilines is 2. The summed E-state index contributed by atoms with van der Waals surface area (Å²) in [4.78, 5) is 4.99. The van der Waals surface area contributed by atoms with Crippen LogP contribution in [0.3, 0.4) is 0 Å². The van der Waals surface area contributed by atoms with Gasteiger partial charge in [-0.1, -0.05) is 24.3 Å². The Morgan fingerprint density at radius 3 is 2.04 bits per heavy atom. The van der Waals surface area contributed by atoms with Gasteiger partial charge in [-0.25, -0.2) is 0 Å². The lowest BCUT2D eigenvalue weighted by Crippen LogP contribution is -2.54. The number of nitrogens with one attached hydrogen (secondary N) is 1. The summed E-state index contributed by atoms with van der Waals surface area (Å²) in [5.41, 5.74) is 2.34. The molecule has 25 heavy (non-hydrogen) atoms. The third-order valence-corrected chi connectivity index (χ3v) is 5.02. The molecule has 0 bridgehead atoms. The zero-order valence-electron chi connectivity index (χ0n) is 15.1. The molecule has 0 saturated carbocycles. The number of rotatable bonds is 4. The molecule has 0 amide bonds. The highest BCUT2D eigenvalue weighted by atomic mass is 16.5. The lowest BCUT2D eigenvalue weighted by atomic mass is 10.1. The maximum Gasteiger partial charge on any atom is 0.151 e. The summed E-state index contributed by atoms with van der Waals surface area (Å²) in [7, 11) is 0. The first-order chi connectivity index (χ1) is 12.2. The van der Waals surface area contributed by atoms with Crippen molar-refractivity contribution in [2.45, 2.75) is 32.4 Å². The van der Waals surface area contributed by atoms with Gasteiger partial charge in [-0.15, -0.1) is 0 Å². The maximum atomic E-state index is 6.07. The van der Waals surface area contributed by atoms with E-state index in [1.54, 1.807) is 0 Å². The molecule has 1 fully saturated rings. The van der Waals surface area contributed by atoms with Gasteiger partial charge in [0.15, 0.2) is 11.5 Å². The van der Waals surface area contributed by atoms with E-state index < -0.39 is 0 Å². The Labute approximate surface area is 150 Å². The molecule has 0 spiro atoms. The number of hydrogen-bond acceptors (Lipinski definition) is 4. The van der Waals surface area contributed by atoms with Crippen molar-refractivity contribution in [2.75, 3.05) is 31.1 Å². The Morgan fingerprint density at radius 2 is 1.44 bits per heavy atom. The average molecular weight is 337 g/mol. The van der Waals surface area contributed by atoms with Crippen LogP contribution in [0.15, 0.2) is 48.5 Å². The van der Waals surface area contributed by atoms with Crippen LogP contribution >= 0.6 is 0 Å². The molecular weight excluding hydrogens is 310 g/mol. The quantitative estimate of drug-likeness (QED) is 0.912. The molecule has 132 valence electrons. The van der Waals surface area contributed by atoms with E-state index in [4.69, 9.17) is 4.74 Å². The van der Waals surface area contributed by atoms with Crippen LogP contribution < -0.4 is 15.0 Å². The van der Waals surface area contributed by atoms with Gasteiger partial charge in [0.25, 0.3) is 0 Å². The minimum atomic E-state index is 0.577. The van der Waals surface area contributed by atoms with Crippen molar-refractivity contribution in [3.63, 3.8) is 0 Å². The molecule has 2 aromatic carbocycles. The maximum absolute atomic E-state index is 6.07. The standard InChI is InChI=1S/C21H27N3O/c1-16-14-23(15-17(2)22-16)12-7-13-24-18-8-3-5-10-20(18)25-21-11-6-4-9-19(21)24/h3-6,8-11,16-17,22H,7,12-15H2,1-2H3/t16-,17+. The first-order valence-corrected chi connectivity index (χ1v) is 9.32. The molecule has 0 radical (unpaired) electrons. The Balaban J connectivity index is 1.47. The highest BCUT2D eigenvalue weighted by Gasteiger charge is 2.24. The Morgan fingerprint density at radius 1 is 0.880 bits per heavy atom. The summed E-state index contributed by atoms with van der Waals surface area (Å²) in [5.74, 6) is 1.90. The second kappa shape index (κ2) is 7.06. The van der Waals surface area contributed by atoms with E-state index in [0.29, 0.717) is 12.1 Å². The molecule has 1 saturated heterocycles. The Kier molecular flexibility index (Phi) is 4.64. The first kappa shape index (κ1) is 16.4. The molecule has 0 aliphatic carbocycles. The number of para-hydroxylation sites is 4. The molecule has 1 N–H and O–H groups in total. The summed E-state index contributed by atoms with van der Waals surface area (Å²) in [6, 6.07) is 17.8. The highest BCUT2D eigenvalue weighted by Crippen LogP contribution is 2.46. The van der Waals surface area contributed by atoms with E-state index in [-0.39, 0.29) is 0 Å². The molecular formula is C21H27N3O. The molecule has 0 aromatic heterocycles. The fraction of sp³-hybridized carbons (Fsp3) is 0.429. The predicted molar refractivity (Wildman–Crippen MR) is 103 cm³/mol. The van der Waals surface area contributed by atoms with Gasteiger partial charge in [0.05, 0.1) is 11.4 Å². The van der Waals surface area contributed by atoms with E-state index >= 15 is 0 Å². The fourth-order valence-corrected chi connectivity index (χ4v) is 4.10. The van der Waals surface area contributed by atoms with Crippen molar-refractivity contribution in [1.82, 2.24) is 10.2 Å². The summed E-state index contributed by atoms with van der Waals surface area (Å²) in [6.07, 6.45) is 1.14. The van der Waals surface area contributed by atoms with Crippen LogP contribution in [0.4, 0.5) is 11.4 Å². The van der Waals surface area contributed by atoms with E-state index in [9.17, 15) is 0 Å². The Bertz CT molecular complexity index is 677. The summed E-state index contributed by atoms with van der Waals surface area (Å²) in [5, 5.41) is 3.61. The van der Waals surface area contributed by atoms with Crippen LogP contribution in [0.1, 0.15) is 20.3 Å². The number of ether oxygens (including phenoxy) is 1. The molecule has 0 unspecified atom stereocenters. The van der Waals surface area contributed by atoms with E-state index in [0.717, 1.165) is 44.1 Å². The lowest BCUT2D eigenvalue weighted by molar-refractivity contribution is 0.173. The van der Waals surface area contributed by atoms with Gasteiger partial charge in [0.2, 0.25) is 0 Å².